The summed E-state index contributed by atoms with van der Waals surface area (Å²) in [4.78, 5) is 19.2. The van der Waals surface area contributed by atoms with Crippen molar-refractivity contribution in [3.05, 3.63) is 46.5 Å². The van der Waals surface area contributed by atoms with E-state index in [9.17, 15) is 4.79 Å². The number of urea groups is 1. The van der Waals surface area contributed by atoms with Gasteiger partial charge in [-0.1, -0.05) is 18.9 Å². The van der Waals surface area contributed by atoms with Crippen LogP contribution in [0, 0.1) is 20.8 Å². The molecule has 0 radical (unpaired) electrons. The summed E-state index contributed by atoms with van der Waals surface area (Å²) in [6.45, 7) is 7.29. The van der Waals surface area contributed by atoms with Crippen molar-refractivity contribution in [3.8, 4) is 0 Å². The molecule has 0 spiro atoms. The number of aryl methyl sites for hydroxylation is 3. The topological polar surface area (TPSA) is 73.9 Å². The van der Waals surface area contributed by atoms with Crippen molar-refractivity contribution in [3.63, 3.8) is 0 Å². The molecule has 1 atom stereocenters. The Morgan fingerprint density at radius 3 is 2.80 bits per heavy atom. The van der Waals surface area contributed by atoms with E-state index in [2.05, 4.69) is 20.5 Å². The highest BCUT2D eigenvalue weighted by molar-refractivity contribution is 5.75. The highest BCUT2D eigenvalue weighted by Crippen LogP contribution is 2.33. The summed E-state index contributed by atoms with van der Waals surface area (Å²) in [7, 11) is 0. The zero-order valence-corrected chi connectivity index (χ0v) is 15.3. The number of carbonyl (C=O) groups is 1. The predicted molar refractivity (Wildman–Crippen MR) is 97.2 cm³/mol. The molecular formula is C19H27N5O. The van der Waals surface area contributed by atoms with Gasteiger partial charge in [-0.3, -0.25) is 10.1 Å². The Balaban J connectivity index is 1.74. The van der Waals surface area contributed by atoms with Crippen molar-refractivity contribution in [1.29, 1.82) is 0 Å². The summed E-state index contributed by atoms with van der Waals surface area (Å²) in [6, 6.07) is 4.06. The molecule has 0 aromatic carbocycles. The van der Waals surface area contributed by atoms with Crippen molar-refractivity contribution in [2.75, 3.05) is 6.54 Å². The summed E-state index contributed by atoms with van der Waals surface area (Å²) in [6.07, 6.45) is 6.16. The lowest BCUT2D eigenvalue weighted by Gasteiger charge is -2.30. The Hall–Kier alpha value is -2.37. The number of pyridine rings is 1. The van der Waals surface area contributed by atoms with Gasteiger partial charge in [-0.2, -0.15) is 5.10 Å². The Kier molecular flexibility index (Phi) is 5.36. The first-order valence-electron chi connectivity index (χ1n) is 9.03. The number of hydrogen-bond donors (Lipinski definition) is 2. The average Bonchev–Trinajstić information content (AvgIpc) is 2.80. The standard InChI is InChI=1S/C19H27N5O/c1-13-8-9-16(11-20-13)12-21-19(25)24-10-6-4-5-7-17(24)18-14(2)22-23-15(18)3/h8-9,11,17H,4-7,10,12H2,1-3H3,(H,21,25)(H,22,23). The molecule has 1 fully saturated rings. The Morgan fingerprint density at radius 2 is 2.12 bits per heavy atom. The van der Waals surface area contributed by atoms with Crippen LogP contribution in [-0.2, 0) is 6.54 Å². The molecule has 3 rings (SSSR count). The van der Waals surface area contributed by atoms with Crippen molar-refractivity contribution < 1.29 is 4.79 Å². The molecule has 2 amide bonds. The van der Waals surface area contributed by atoms with Crippen LogP contribution in [0.15, 0.2) is 18.3 Å². The lowest BCUT2D eigenvalue weighted by atomic mass is 9.99. The number of aromatic amines is 1. The normalized spacial score (nSPS) is 18.0. The van der Waals surface area contributed by atoms with Crippen LogP contribution in [0.25, 0.3) is 0 Å². The van der Waals surface area contributed by atoms with Crippen LogP contribution < -0.4 is 5.32 Å². The third-order valence-electron chi connectivity index (χ3n) is 4.95. The molecule has 2 aromatic rings. The number of carbonyl (C=O) groups excluding carboxylic acids is 1. The van der Waals surface area contributed by atoms with Gasteiger partial charge >= 0.3 is 6.03 Å². The van der Waals surface area contributed by atoms with E-state index in [0.717, 1.165) is 54.9 Å². The van der Waals surface area contributed by atoms with Crippen molar-refractivity contribution in [2.45, 2.75) is 59.0 Å². The second-order valence-corrected chi connectivity index (χ2v) is 6.87. The molecule has 1 aliphatic rings. The summed E-state index contributed by atoms with van der Waals surface area (Å²) >= 11 is 0. The summed E-state index contributed by atoms with van der Waals surface area (Å²) in [5, 5.41) is 10.4. The number of likely N-dealkylation sites (tertiary alicyclic amines) is 1. The Bertz CT molecular complexity index is 702. The molecule has 0 saturated carbocycles. The van der Waals surface area contributed by atoms with Gasteiger partial charge in [0.05, 0.1) is 11.7 Å². The highest BCUT2D eigenvalue weighted by atomic mass is 16.2. The van der Waals surface area contributed by atoms with E-state index < -0.39 is 0 Å². The van der Waals surface area contributed by atoms with Crippen LogP contribution in [0.2, 0.25) is 0 Å². The SMILES string of the molecule is Cc1ccc(CNC(=O)N2CCCCCC2c2c(C)n[nH]c2C)cn1. The van der Waals surface area contributed by atoms with Crippen molar-refractivity contribution >= 4 is 6.03 Å². The Morgan fingerprint density at radius 1 is 1.28 bits per heavy atom. The largest absolute Gasteiger partial charge is 0.334 e. The van der Waals surface area contributed by atoms with E-state index in [1.54, 1.807) is 0 Å². The van der Waals surface area contributed by atoms with Gasteiger partial charge < -0.3 is 10.2 Å². The first-order valence-corrected chi connectivity index (χ1v) is 9.03. The summed E-state index contributed by atoms with van der Waals surface area (Å²) < 4.78 is 0. The Labute approximate surface area is 149 Å². The molecule has 1 aliphatic heterocycles. The van der Waals surface area contributed by atoms with E-state index in [1.165, 1.54) is 5.56 Å². The highest BCUT2D eigenvalue weighted by Gasteiger charge is 2.30. The van der Waals surface area contributed by atoms with E-state index in [0.29, 0.717) is 6.54 Å². The van der Waals surface area contributed by atoms with Gasteiger partial charge in [0.25, 0.3) is 0 Å². The van der Waals surface area contributed by atoms with Crippen LogP contribution >= 0.6 is 0 Å². The van der Waals surface area contributed by atoms with Gasteiger partial charge in [0.15, 0.2) is 0 Å². The minimum atomic E-state index is -0.00697. The molecule has 25 heavy (non-hydrogen) atoms. The smallest absolute Gasteiger partial charge is 0.318 e. The first-order chi connectivity index (χ1) is 12.1. The second kappa shape index (κ2) is 7.68. The number of rotatable bonds is 3. The average molecular weight is 341 g/mol. The molecule has 3 heterocycles. The predicted octanol–water partition coefficient (Wildman–Crippen LogP) is 3.56. The van der Waals surface area contributed by atoms with E-state index in [-0.39, 0.29) is 12.1 Å². The van der Waals surface area contributed by atoms with Gasteiger partial charge in [-0.15, -0.1) is 0 Å². The number of nitrogens with zero attached hydrogens (tertiary/aromatic N) is 3. The summed E-state index contributed by atoms with van der Waals surface area (Å²) in [5.41, 5.74) is 5.22. The molecule has 0 aliphatic carbocycles. The molecule has 134 valence electrons. The molecule has 2 N–H and O–H groups in total. The molecule has 1 saturated heterocycles. The maximum Gasteiger partial charge on any atom is 0.318 e. The van der Waals surface area contributed by atoms with Gasteiger partial charge in [0.1, 0.15) is 0 Å². The maximum atomic E-state index is 12.9. The van der Waals surface area contributed by atoms with Crippen molar-refractivity contribution in [1.82, 2.24) is 25.4 Å². The third kappa shape index (κ3) is 4.00. The zero-order valence-electron chi connectivity index (χ0n) is 15.3. The third-order valence-corrected chi connectivity index (χ3v) is 4.95. The number of amides is 2. The molecular weight excluding hydrogens is 314 g/mol. The van der Waals surface area contributed by atoms with Gasteiger partial charge in [0.2, 0.25) is 0 Å². The maximum absolute atomic E-state index is 12.9. The van der Waals surface area contributed by atoms with Gasteiger partial charge in [0, 0.05) is 36.2 Å². The monoisotopic (exact) mass is 341 g/mol. The van der Waals surface area contributed by atoms with Gasteiger partial charge in [-0.25, -0.2) is 4.79 Å². The van der Waals surface area contributed by atoms with Crippen LogP contribution in [0.4, 0.5) is 4.79 Å². The van der Waals surface area contributed by atoms with Crippen LogP contribution in [-0.4, -0.2) is 32.7 Å². The lowest BCUT2D eigenvalue weighted by Crippen LogP contribution is -2.42. The fourth-order valence-corrected chi connectivity index (χ4v) is 3.58. The lowest BCUT2D eigenvalue weighted by molar-refractivity contribution is 0.175. The molecule has 6 heteroatoms. The number of aromatic nitrogens is 3. The van der Waals surface area contributed by atoms with E-state index in [1.807, 2.05) is 44.0 Å². The van der Waals surface area contributed by atoms with Crippen LogP contribution in [0.3, 0.4) is 0 Å². The fraction of sp³-hybridized carbons (Fsp3) is 0.526. The van der Waals surface area contributed by atoms with Crippen LogP contribution in [0.1, 0.15) is 59.9 Å². The number of nitrogens with one attached hydrogen (secondary N) is 2. The molecule has 2 aromatic heterocycles. The molecule has 0 bridgehead atoms. The second-order valence-electron chi connectivity index (χ2n) is 6.87. The fourth-order valence-electron chi connectivity index (χ4n) is 3.58. The number of hydrogen-bond acceptors (Lipinski definition) is 3. The molecule has 1 unspecified atom stereocenters. The van der Waals surface area contributed by atoms with E-state index in [4.69, 9.17) is 0 Å². The minimum absolute atomic E-state index is 0.00697. The first kappa shape index (κ1) is 17.5. The van der Waals surface area contributed by atoms with Crippen LogP contribution in [0.5, 0.6) is 0 Å². The quantitative estimate of drug-likeness (QED) is 0.896. The van der Waals surface area contributed by atoms with Gasteiger partial charge in [-0.05, 0) is 45.2 Å². The molecule has 6 nitrogen and oxygen atoms in total. The minimum Gasteiger partial charge on any atom is -0.334 e. The zero-order chi connectivity index (χ0) is 17.8. The van der Waals surface area contributed by atoms with Crippen molar-refractivity contribution in [2.24, 2.45) is 0 Å². The van der Waals surface area contributed by atoms with E-state index >= 15 is 0 Å². The summed E-state index contributed by atoms with van der Waals surface area (Å²) in [5.74, 6) is 0. The number of H-pyrrole nitrogens is 1.